The fraction of sp³-hybridized carbons (Fsp3) is 0.125. The Hall–Kier alpha value is -1.56. The van der Waals surface area contributed by atoms with Crippen molar-refractivity contribution in [1.29, 1.82) is 0 Å². The van der Waals surface area contributed by atoms with Gasteiger partial charge >= 0.3 is 0 Å². The number of rotatable bonds is 4. The van der Waals surface area contributed by atoms with Crippen LogP contribution in [0.4, 0.5) is 5.69 Å². The van der Waals surface area contributed by atoms with Gasteiger partial charge in [0.25, 0.3) is 11.7 Å². The molecule has 1 heterocycles. The van der Waals surface area contributed by atoms with Crippen LogP contribution in [0.2, 0.25) is 10.0 Å². The standard InChI is InChI=1S/C16H10BrCl2NO3/c17-9-1-2-14-13(5-9)15(21)16(22)20(14)3-4-23-12-7-10(18)6-11(19)8-12/h1-2,5-8H,3-4H2. The van der Waals surface area contributed by atoms with Gasteiger partial charge in [0.05, 0.1) is 17.8 Å². The number of halogens is 3. The van der Waals surface area contributed by atoms with Crippen LogP contribution in [0.3, 0.4) is 0 Å². The first-order chi connectivity index (χ1) is 11.0. The van der Waals surface area contributed by atoms with Crippen molar-refractivity contribution >= 4 is 56.5 Å². The molecule has 23 heavy (non-hydrogen) atoms. The Morgan fingerprint density at radius 1 is 1.04 bits per heavy atom. The molecular weight excluding hydrogens is 405 g/mol. The van der Waals surface area contributed by atoms with Gasteiger partial charge in [0.1, 0.15) is 12.4 Å². The highest BCUT2D eigenvalue weighted by molar-refractivity contribution is 9.10. The minimum absolute atomic E-state index is 0.213. The number of fused-ring (bicyclic) bond motifs is 1. The monoisotopic (exact) mass is 413 g/mol. The maximum atomic E-state index is 12.1. The van der Waals surface area contributed by atoms with Crippen LogP contribution < -0.4 is 9.64 Å². The zero-order valence-electron chi connectivity index (χ0n) is 11.7. The third kappa shape index (κ3) is 3.37. The van der Waals surface area contributed by atoms with E-state index in [1.54, 1.807) is 36.4 Å². The Labute approximate surface area is 151 Å². The maximum Gasteiger partial charge on any atom is 0.299 e. The first-order valence-corrected chi connectivity index (χ1v) is 8.25. The van der Waals surface area contributed by atoms with Crippen molar-refractivity contribution in [2.24, 2.45) is 0 Å². The molecule has 0 atom stereocenters. The quantitative estimate of drug-likeness (QED) is 0.698. The molecule has 0 aromatic heterocycles. The predicted molar refractivity (Wildman–Crippen MR) is 92.8 cm³/mol. The molecular formula is C16H10BrCl2NO3. The molecule has 0 bridgehead atoms. The van der Waals surface area contributed by atoms with E-state index in [1.807, 2.05) is 0 Å². The Kier molecular flexibility index (Phi) is 4.62. The van der Waals surface area contributed by atoms with Crippen LogP contribution in [0, 0.1) is 0 Å². The van der Waals surface area contributed by atoms with Crippen molar-refractivity contribution in [2.45, 2.75) is 0 Å². The number of carbonyl (C=O) groups is 2. The summed E-state index contributed by atoms with van der Waals surface area (Å²) in [7, 11) is 0. The number of hydrogen-bond acceptors (Lipinski definition) is 3. The van der Waals surface area contributed by atoms with Crippen LogP contribution >= 0.6 is 39.1 Å². The summed E-state index contributed by atoms with van der Waals surface area (Å²) in [6, 6.07) is 10.0. The summed E-state index contributed by atoms with van der Waals surface area (Å²) in [5.74, 6) is -0.547. The predicted octanol–water partition coefficient (Wildman–Crippen LogP) is 4.36. The maximum absolute atomic E-state index is 12.1. The van der Waals surface area contributed by atoms with Gasteiger partial charge in [-0.15, -0.1) is 0 Å². The lowest BCUT2D eigenvalue weighted by Gasteiger charge is -2.17. The Morgan fingerprint density at radius 2 is 1.74 bits per heavy atom. The molecule has 1 aliphatic rings. The van der Waals surface area contributed by atoms with Gasteiger partial charge in [-0.05, 0) is 36.4 Å². The molecule has 0 fully saturated rings. The van der Waals surface area contributed by atoms with Crippen molar-refractivity contribution < 1.29 is 14.3 Å². The summed E-state index contributed by atoms with van der Waals surface area (Å²) in [4.78, 5) is 25.5. The van der Waals surface area contributed by atoms with Crippen molar-refractivity contribution in [3.63, 3.8) is 0 Å². The molecule has 118 valence electrons. The molecule has 0 aliphatic carbocycles. The van der Waals surface area contributed by atoms with E-state index in [-0.39, 0.29) is 13.2 Å². The highest BCUT2D eigenvalue weighted by Gasteiger charge is 2.35. The zero-order valence-corrected chi connectivity index (χ0v) is 14.8. The average molecular weight is 415 g/mol. The second kappa shape index (κ2) is 6.51. The van der Waals surface area contributed by atoms with E-state index < -0.39 is 11.7 Å². The fourth-order valence-electron chi connectivity index (χ4n) is 2.36. The number of amides is 1. The van der Waals surface area contributed by atoms with E-state index >= 15 is 0 Å². The number of ether oxygens (including phenoxy) is 1. The Balaban J connectivity index is 1.72. The molecule has 0 unspecified atom stereocenters. The minimum Gasteiger partial charge on any atom is -0.492 e. The number of nitrogens with zero attached hydrogens (tertiary/aromatic N) is 1. The van der Waals surface area contributed by atoms with Crippen LogP contribution in [0.1, 0.15) is 10.4 Å². The molecule has 4 nitrogen and oxygen atoms in total. The number of carbonyl (C=O) groups excluding carboxylic acids is 2. The molecule has 0 N–H and O–H groups in total. The Morgan fingerprint density at radius 3 is 2.43 bits per heavy atom. The number of anilines is 1. The first-order valence-electron chi connectivity index (χ1n) is 6.70. The smallest absolute Gasteiger partial charge is 0.299 e. The molecule has 0 spiro atoms. The Bertz CT molecular complexity index is 790. The minimum atomic E-state index is -0.550. The van der Waals surface area contributed by atoms with Crippen LogP contribution in [0.25, 0.3) is 0 Å². The third-order valence-corrected chi connectivity index (χ3v) is 4.28. The second-order valence-electron chi connectivity index (χ2n) is 4.90. The van der Waals surface area contributed by atoms with Crippen molar-refractivity contribution in [3.05, 3.63) is 56.5 Å². The lowest BCUT2D eigenvalue weighted by atomic mass is 10.1. The topological polar surface area (TPSA) is 46.6 Å². The van der Waals surface area contributed by atoms with Crippen molar-refractivity contribution in [1.82, 2.24) is 0 Å². The van der Waals surface area contributed by atoms with Crippen LogP contribution in [0.5, 0.6) is 5.75 Å². The summed E-state index contributed by atoms with van der Waals surface area (Å²) in [5.41, 5.74) is 0.992. The highest BCUT2D eigenvalue weighted by atomic mass is 79.9. The molecule has 2 aromatic carbocycles. The van der Waals surface area contributed by atoms with Gasteiger partial charge in [0, 0.05) is 14.5 Å². The summed E-state index contributed by atoms with van der Waals surface area (Å²) < 4.78 is 6.32. The zero-order chi connectivity index (χ0) is 16.6. The summed E-state index contributed by atoms with van der Waals surface area (Å²) in [5, 5.41) is 0.935. The second-order valence-corrected chi connectivity index (χ2v) is 6.69. The van der Waals surface area contributed by atoms with Gasteiger partial charge in [-0.1, -0.05) is 39.1 Å². The fourth-order valence-corrected chi connectivity index (χ4v) is 3.23. The van der Waals surface area contributed by atoms with Gasteiger partial charge in [0.2, 0.25) is 0 Å². The summed E-state index contributed by atoms with van der Waals surface area (Å²) >= 11 is 15.1. The lowest BCUT2D eigenvalue weighted by Crippen LogP contribution is -2.33. The molecule has 1 aliphatic heterocycles. The first kappa shape index (κ1) is 16.3. The average Bonchev–Trinajstić information content (AvgIpc) is 2.71. The van der Waals surface area contributed by atoms with E-state index in [1.165, 1.54) is 4.90 Å². The van der Waals surface area contributed by atoms with Crippen LogP contribution in [-0.4, -0.2) is 24.8 Å². The van der Waals surface area contributed by atoms with Crippen molar-refractivity contribution in [3.8, 4) is 5.75 Å². The highest BCUT2D eigenvalue weighted by Crippen LogP contribution is 2.31. The van der Waals surface area contributed by atoms with Gasteiger partial charge in [-0.25, -0.2) is 0 Å². The van der Waals surface area contributed by atoms with E-state index in [0.29, 0.717) is 27.0 Å². The molecule has 0 saturated carbocycles. The van der Waals surface area contributed by atoms with Gasteiger partial charge in [-0.3, -0.25) is 9.59 Å². The van der Waals surface area contributed by atoms with Crippen LogP contribution in [-0.2, 0) is 4.79 Å². The number of ketones is 1. The molecule has 0 saturated heterocycles. The van der Waals surface area contributed by atoms with Gasteiger partial charge < -0.3 is 9.64 Å². The van der Waals surface area contributed by atoms with E-state index in [9.17, 15) is 9.59 Å². The summed E-state index contributed by atoms with van der Waals surface area (Å²) in [6.07, 6.45) is 0. The van der Waals surface area contributed by atoms with Crippen LogP contribution in [0.15, 0.2) is 40.9 Å². The largest absolute Gasteiger partial charge is 0.492 e. The molecule has 0 radical (unpaired) electrons. The number of hydrogen-bond donors (Lipinski definition) is 0. The molecule has 7 heteroatoms. The number of Topliss-reactive ketones (excluding diaryl/α,β-unsaturated/α-hetero) is 1. The van der Waals surface area contributed by atoms with Crippen molar-refractivity contribution in [2.75, 3.05) is 18.1 Å². The van der Waals surface area contributed by atoms with E-state index in [0.717, 1.165) is 4.47 Å². The lowest BCUT2D eigenvalue weighted by molar-refractivity contribution is -0.114. The molecule has 2 aromatic rings. The SMILES string of the molecule is O=C1C(=O)N(CCOc2cc(Cl)cc(Cl)c2)c2ccc(Br)cc21. The summed E-state index contributed by atoms with van der Waals surface area (Å²) in [6.45, 7) is 0.467. The third-order valence-electron chi connectivity index (χ3n) is 3.35. The van der Waals surface area contributed by atoms with Gasteiger partial charge in [0.15, 0.2) is 0 Å². The number of benzene rings is 2. The van der Waals surface area contributed by atoms with Gasteiger partial charge in [-0.2, -0.15) is 0 Å². The normalized spacial score (nSPS) is 13.4. The van der Waals surface area contributed by atoms with E-state index in [4.69, 9.17) is 27.9 Å². The molecule has 1 amide bonds. The molecule has 3 rings (SSSR count). The van der Waals surface area contributed by atoms with E-state index in [2.05, 4.69) is 15.9 Å².